The second-order valence-corrected chi connectivity index (χ2v) is 12.6. The number of hydrogen-bond donors (Lipinski definition) is 0. The first-order valence-corrected chi connectivity index (χ1v) is 14.5. The Labute approximate surface area is 216 Å². The van der Waals surface area contributed by atoms with E-state index in [9.17, 15) is 13.2 Å². The van der Waals surface area contributed by atoms with Crippen LogP contribution in [0.25, 0.3) is 10.2 Å². The van der Waals surface area contributed by atoms with Crippen molar-refractivity contribution in [2.45, 2.75) is 36.8 Å². The van der Waals surface area contributed by atoms with Crippen molar-refractivity contribution in [3.05, 3.63) is 48.0 Å². The van der Waals surface area contributed by atoms with Gasteiger partial charge in [-0.2, -0.15) is 0 Å². The lowest BCUT2D eigenvalue weighted by Gasteiger charge is -2.27. The van der Waals surface area contributed by atoms with E-state index in [1.807, 2.05) is 18.2 Å². The Morgan fingerprint density at radius 3 is 2.56 bits per heavy atom. The van der Waals surface area contributed by atoms with Gasteiger partial charge >= 0.3 is 0 Å². The second-order valence-electron chi connectivity index (χ2n) is 9.10. The summed E-state index contributed by atoms with van der Waals surface area (Å²) >= 11 is 1.47. The van der Waals surface area contributed by atoms with Crippen LogP contribution in [-0.2, 0) is 25.8 Å². The molecule has 1 aliphatic heterocycles. The molecule has 0 radical (unpaired) electrons. The number of rotatable bonds is 10. The molecule has 194 valence electrons. The van der Waals surface area contributed by atoms with Crippen LogP contribution in [0.3, 0.4) is 0 Å². The highest BCUT2D eigenvalue weighted by Gasteiger charge is 2.22. The molecule has 0 unspecified atom stereocenters. The third-order valence-corrected chi connectivity index (χ3v) is 9.52. The van der Waals surface area contributed by atoms with Crippen LogP contribution in [0.2, 0.25) is 0 Å². The van der Waals surface area contributed by atoms with E-state index in [1.165, 1.54) is 11.3 Å². The molecule has 1 amide bonds. The minimum absolute atomic E-state index is 0.0672. The number of hydrogen-bond acceptors (Lipinski definition) is 8. The molecule has 1 fully saturated rings. The molecule has 4 rings (SSSR count). The Morgan fingerprint density at radius 1 is 1.17 bits per heavy atom. The van der Waals surface area contributed by atoms with Crippen LogP contribution in [0.1, 0.15) is 25.8 Å². The molecule has 2 heterocycles. The van der Waals surface area contributed by atoms with Gasteiger partial charge in [0.25, 0.3) is 0 Å². The quantitative estimate of drug-likeness (QED) is 0.393. The third kappa shape index (κ3) is 6.23. The summed E-state index contributed by atoms with van der Waals surface area (Å²) in [6.07, 6.45) is 0.982. The van der Waals surface area contributed by atoms with Gasteiger partial charge in [-0.3, -0.25) is 14.6 Å². The molecule has 0 bridgehead atoms. The van der Waals surface area contributed by atoms with E-state index >= 15 is 0 Å². The predicted molar refractivity (Wildman–Crippen MR) is 143 cm³/mol. The van der Waals surface area contributed by atoms with Crippen molar-refractivity contribution >= 4 is 42.4 Å². The average molecular weight is 532 g/mol. The number of sulfone groups is 1. The maximum absolute atomic E-state index is 13.5. The van der Waals surface area contributed by atoms with Crippen LogP contribution >= 0.6 is 11.3 Å². The zero-order valence-corrected chi connectivity index (χ0v) is 22.6. The van der Waals surface area contributed by atoms with Gasteiger partial charge < -0.3 is 9.47 Å². The highest BCUT2D eigenvalue weighted by Crippen LogP contribution is 2.32. The average Bonchev–Trinajstić information content (AvgIpc) is 3.30. The highest BCUT2D eigenvalue weighted by molar-refractivity contribution is 7.92. The van der Waals surface area contributed by atoms with Crippen molar-refractivity contribution in [2.24, 2.45) is 0 Å². The number of nitrogens with zero attached hydrogens (tertiary/aromatic N) is 3. The van der Waals surface area contributed by atoms with Crippen molar-refractivity contribution in [3.8, 4) is 5.75 Å². The van der Waals surface area contributed by atoms with Crippen LogP contribution in [0.15, 0.2) is 47.4 Å². The maximum atomic E-state index is 13.5. The minimum atomic E-state index is -3.35. The van der Waals surface area contributed by atoms with Crippen LogP contribution in [0, 0.1) is 0 Å². The Morgan fingerprint density at radius 2 is 1.89 bits per heavy atom. The van der Waals surface area contributed by atoms with Gasteiger partial charge in [-0.05, 0) is 56.2 Å². The highest BCUT2D eigenvalue weighted by atomic mass is 32.2. The Balaban J connectivity index is 1.52. The fourth-order valence-corrected chi connectivity index (χ4v) is 6.18. The lowest BCUT2D eigenvalue weighted by Crippen LogP contribution is -2.39. The molecular formula is C26H33N3O5S2. The van der Waals surface area contributed by atoms with Crippen LogP contribution in [0.5, 0.6) is 5.75 Å². The number of morpholine rings is 1. The van der Waals surface area contributed by atoms with Crippen molar-refractivity contribution in [2.75, 3.05) is 51.4 Å². The lowest BCUT2D eigenvalue weighted by molar-refractivity contribution is -0.118. The summed E-state index contributed by atoms with van der Waals surface area (Å²) in [5.74, 6) is 0.682. The Bertz CT molecular complexity index is 1280. The minimum Gasteiger partial charge on any atom is -0.497 e. The van der Waals surface area contributed by atoms with Crippen LogP contribution in [0.4, 0.5) is 5.13 Å². The van der Waals surface area contributed by atoms with Gasteiger partial charge in [0.1, 0.15) is 5.75 Å². The molecular weight excluding hydrogens is 498 g/mol. The number of thiazole rings is 1. The van der Waals surface area contributed by atoms with Crippen molar-refractivity contribution in [1.82, 2.24) is 9.88 Å². The molecule has 0 atom stereocenters. The van der Waals surface area contributed by atoms with E-state index in [4.69, 9.17) is 14.5 Å². The van der Waals surface area contributed by atoms with Gasteiger partial charge in [0, 0.05) is 26.2 Å². The largest absolute Gasteiger partial charge is 0.497 e. The van der Waals surface area contributed by atoms with Gasteiger partial charge in [-0.25, -0.2) is 13.4 Å². The van der Waals surface area contributed by atoms with Crippen molar-refractivity contribution in [3.63, 3.8) is 0 Å². The van der Waals surface area contributed by atoms with E-state index in [-0.39, 0.29) is 17.2 Å². The first-order chi connectivity index (χ1) is 17.3. The van der Waals surface area contributed by atoms with Crippen molar-refractivity contribution in [1.29, 1.82) is 0 Å². The van der Waals surface area contributed by atoms with Gasteiger partial charge in [0.2, 0.25) is 5.91 Å². The Kier molecular flexibility index (Phi) is 8.61. The topological polar surface area (TPSA) is 89.0 Å². The number of amides is 1. The maximum Gasteiger partial charge on any atom is 0.233 e. The predicted octanol–water partition coefficient (Wildman–Crippen LogP) is 3.79. The monoisotopic (exact) mass is 531 g/mol. The molecule has 1 saturated heterocycles. The first kappa shape index (κ1) is 26.5. The zero-order chi connectivity index (χ0) is 25.7. The fraction of sp³-hybridized carbons (Fsp3) is 0.462. The molecule has 3 aromatic rings. The fourth-order valence-electron chi connectivity index (χ4n) is 4.08. The number of aromatic nitrogens is 1. The summed E-state index contributed by atoms with van der Waals surface area (Å²) in [7, 11) is -1.73. The zero-order valence-electron chi connectivity index (χ0n) is 21.0. The van der Waals surface area contributed by atoms with Gasteiger partial charge in [0.15, 0.2) is 15.0 Å². The molecule has 1 aliphatic rings. The standard InChI is InChI=1S/C26H33N3O5S2/c1-19(2)36(31,32)22-8-5-20(6-9-22)17-25(30)29(12-4-11-28-13-15-34-16-14-28)26-27-23-10-7-21(33-3)18-24(23)35-26/h5-10,18-19H,4,11-17H2,1-3H3. The number of anilines is 1. The second kappa shape index (κ2) is 11.7. The van der Waals surface area contributed by atoms with E-state index in [0.717, 1.165) is 60.8 Å². The number of carbonyl (C=O) groups excluding carboxylic acids is 1. The summed E-state index contributed by atoms with van der Waals surface area (Å²) in [4.78, 5) is 22.6. The normalized spacial score (nSPS) is 14.9. The van der Waals surface area contributed by atoms with E-state index < -0.39 is 15.1 Å². The smallest absolute Gasteiger partial charge is 0.233 e. The van der Waals surface area contributed by atoms with Gasteiger partial charge in [-0.1, -0.05) is 23.5 Å². The molecule has 8 nitrogen and oxygen atoms in total. The third-order valence-electron chi connectivity index (χ3n) is 6.30. The summed E-state index contributed by atoms with van der Waals surface area (Å²) in [5.41, 5.74) is 1.59. The molecule has 36 heavy (non-hydrogen) atoms. The van der Waals surface area contributed by atoms with E-state index in [1.54, 1.807) is 50.1 Å². The number of fused-ring (bicyclic) bond motifs is 1. The number of benzene rings is 2. The van der Waals surface area contributed by atoms with Gasteiger partial charge in [0.05, 0.1) is 47.1 Å². The van der Waals surface area contributed by atoms with Crippen LogP contribution < -0.4 is 9.64 Å². The van der Waals surface area contributed by atoms with Gasteiger partial charge in [-0.15, -0.1) is 0 Å². The number of ether oxygens (including phenoxy) is 2. The summed E-state index contributed by atoms with van der Waals surface area (Å²) < 4.78 is 36.6. The summed E-state index contributed by atoms with van der Waals surface area (Å²) in [6, 6.07) is 12.3. The molecule has 0 N–H and O–H groups in total. The molecule has 2 aromatic carbocycles. The molecule has 0 saturated carbocycles. The molecule has 10 heteroatoms. The SMILES string of the molecule is COc1ccc2nc(N(CCCN3CCOCC3)C(=O)Cc3ccc(S(=O)(=O)C(C)C)cc3)sc2c1. The van der Waals surface area contributed by atoms with Crippen molar-refractivity contribution < 1.29 is 22.7 Å². The first-order valence-electron chi connectivity index (χ1n) is 12.2. The molecule has 0 spiro atoms. The summed E-state index contributed by atoms with van der Waals surface area (Å²) in [5, 5.41) is 0.161. The van der Waals surface area contributed by atoms with E-state index in [0.29, 0.717) is 11.7 Å². The summed E-state index contributed by atoms with van der Waals surface area (Å²) in [6.45, 7) is 8.04. The van der Waals surface area contributed by atoms with Crippen LogP contribution in [-0.4, -0.2) is 76.0 Å². The molecule has 0 aliphatic carbocycles. The number of carbonyl (C=O) groups is 1. The molecule has 1 aromatic heterocycles. The lowest BCUT2D eigenvalue weighted by atomic mass is 10.1. The van der Waals surface area contributed by atoms with E-state index in [2.05, 4.69) is 4.90 Å². The Hall–Kier alpha value is -2.53. The number of methoxy groups -OCH3 is 1.